The topological polar surface area (TPSA) is 61.0 Å². The summed E-state index contributed by atoms with van der Waals surface area (Å²) in [5, 5.41) is 0. The van der Waals surface area contributed by atoms with Gasteiger partial charge in [0.2, 0.25) is 5.66 Å². The summed E-state index contributed by atoms with van der Waals surface area (Å²) in [5.41, 5.74) is 2.47. The molecule has 86 valence electrons. The van der Waals surface area contributed by atoms with Gasteiger partial charge in [0, 0.05) is 5.56 Å². The van der Waals surface area contributed by atoms with Gasteiger partial charge in [-0.2, -0.15) is 13.2 Å². The van der Waals surface area contributed by atoms with E-state index in [9.17, 15) is 18.0 Å². The Kier molecular flexibility index (Phi) is 2.28. The summed E-state index contributed by atoms with van der Waals surface area (Å²) in [4.78, 5) is 11.0. The van der Waals surface area contributed by atoms with Gasteiger partial charge in [0.05, 0.1) is 0 Å². The third kappa shape index (κ3) is 1.60. The molecule has 0 unspecified atom stereocenters. The summed E-state index contributed by atoms with van der Waals surface area (Å²) >= 11 is 0. The lowest BCUT2D eigenvalue weighted by atomic mass is 10.0. The minimum absolute atomic E-state index is 0.0463. The maximum atomic E-state index is 12.6. The number of hydrazine groups is 1. The predicted octanol–water partition coefficient (Wildman–Crippen LogP) is 1.71. The van der Waals surface area contributed by atoms with E-state index >= 15 is 0 Å². The molecule has 0 aliphatic carbocycles. The van der Waals surface area contributed by atoms with Crippen molar-refractivity contribution in [3.63, 3.8) is 0 Å². The molecule has 1 saturated heterocycles. The fourth-order valence-electron chi connectivity index (χ4n) is 1.47. The first-order valence-corrected chi connectivity index (χ1v) is 4.59. The van der Waals surface area contributed by atoms with Crippen molar-refractivity contribution in [2.45, 2.75) is 18.8 Å². The molecule has 1 aliphatic rings. The highest BCUT2D eigenvalue weighted by atomic mass is 19.4. The zero-order valence-corrected chi connectivity index (χ0v) is 8.35. The van der Waals surface area contributed by atoms with E-state index in [0.717, 1.165) is 0 Å². The molecule has 0 aromatic heterocycles. The molecule has 3 nitrogen and oxygen atoms in total. The molecule has 1 heterocycles. The second-order valence-corrected chi connectivity index (χ2v) is 3.63. The van der Waals surface area contributed by atoms with E-state index in [2.05, 4.69) is 10.9 Å². The van der Waals surface area contributed by atoms with Crippen LogP contribution in [-0.4, -0.2) is 12.0 Å². The van der Waals surface area contributed by atoms with E-state index in [1.54, 1.807) is 0 Å². The smallest absolute Gasteiger partial charge is 0.295 e. The zero-order chi connectivity index (χ0) is 12.0. The molecular weight excluding hydrogens is 221 g/mol. The first-order chi connectivity index (χ1) is 7.37. The Balaban J connectivity index is 2.33. The van der Waals surface area contributed by atoms with Gasteiger partial charge in [0.25, 0.3) is 0 Å². The van der Waals surface area contributed by atoms with Gasteiger partial charge in [-0.25, -0.2) is 10.9 Å². The number of ketones is 1. The number of Topliss-reactive ketones (excluding diaryl/α,β-unsaturated/α-hetero) is 1. The van der Waals surface area contributed by atoms with Crippen LogP contribution in [0.1, 0.15) is 22.8 Å². The fourth-order valence-corrected chi connectivity index (χ4v) is 1.47. The third-order valence-electron chi connectivity index (χ3n) is 2.52. The average molecular weight is 230 g/mol. The molecule has 0 spiro atoms. The molecule has 16 heavy (non-hydrogen) atoms. The summed E-state index contributed by atoms with van der Waals surface area (Å²) in [7, 11) is 0. The summed E-state index contributed by atoms with van der Waals surface area (Å²) < 4.78 is 37.9. The largest absolute Gasteiger partial charge is 0.426 e. The second kappa shape index (κ2) is 3.29. The van der Waals surface area contributed by atoms with Crippen LogP contribution in [0.25, 0.3) is 0 Å². The highest BCUT2D eigenvalue weighted by Gasteiger charge is 2.65. The Morgan fingerprint density at radius 2 is 1.69 bits per heavy atom. The van der Waals surface area contributed by atoms with Crippen LogP contribution < -0.4 is 10.9 Å². The van der Waals surface area contributed by atoms with Crippen molar-refractivity contribution in [1.29, 1.82) is 0 Å². The molecule has 1 aromatic rings. The first kappa shape index (κ1) is 11.1. The molecule has 1 aliphatic heterocycles. The number of benzene rings is 1. The van der Waals surface area contributed by atoms with E-state index < -0.39 is 11.8 Å². The number of alkyl halides is 3. The molecule has 0 radical (unpaired) electrons. The standard InChI is InChI=1S/C10H9F3N2O/c1-6(16)7-2-4-8(5-3-7)9(14-15-9)10(11,12)13/h2-5,14-15H,1H3. The number of hydrogen-bond donors (Lipinski definition) is 2. The minimum atomic E-state index is -4.41. The van der Waals surface area contributed by atoms with Crippen LogP contribution in [-0.2, 0) is 5.66 Å². The highest BCUT2D eigenvalue weighted by molar-refractivity contribution is 5.94. The van der Waals surface area contributed by atoms with Crippen molar-refractivity contribution in [3.8, 4) is 0 Å². The monoisotopic (exact) mass is 230 g/mol. The van der Waals surface area contributed by atoms with Crippen LogP contribution in [0.2, 0.25) is 0 Å². The summed E-state index contributed by atoms with van der Waals surface area (Å²) in [6.45, 7) is 1.36. The molecule has 6 heteroatoms. The molecular formula is C10H9F3N2O. The maximum absolute atomic E-state index is 12.6. The Labute approximate surface area is 89.6 Å². The SMILES string of the molecule is CC(=O)c1ccc(C2(C(F)(F)F)NN2)cc1. The maximum Gasteiger partial charge on any atom is 0.426 e. The van der Waals surface area contributed by atoms with Gasteiger partial charge in [-0.05, 0) is 12.5 Å². The number of halogens is 3. The lowest BCUT2D eigenvalue weighted by Gasteiger charge is -2.16. The van der Waals surface area contributed by atoms with Gasteiger partial charge >= 0.3 is 6.18 Å². The molecule has 0 amide bonds. The minimum Gasteiger partial charge on any atom is -0.295 e. The second-order valence-electron chi connectivity index (χ2n) is 3.63. The van der Waals surface area contributed by atoms with Crippen LogP contribution >= 0.6 is 0 Å². The number of rotatable bonds is 2. The summed E-state index contributed by atoms with van der Waals surface area (Å²) in [6.07, 6.45) is -4.41. The van der Waals surface area contributed by atoms with Crippen LogP contribution in [0, 0.1) is 0 Å². The quantitative estimate of drug-likeness (QED) is 0.600. The Morgan fingerprint density at radius 1 is 1.19 bits per heavy atom. The van der Waals surface area contributed by atoms with Gasteiger partial charge in [-0.3, -0.25) is 4.79 Å². The van der Waals surface area contributed by atoms with Crippen LogP contribution in [0.15, 0.2) is 24.3 Å². The third-order valence-corrected chi connectivity index (χ3v) is 2.52. The van der Waals surface area contributed by atoms with Crippen LogP contribution in [0.5, 0.6) is 0 Å². The highest BCUT2D eigenvalue weighted by Crippen LogP contribution is 2.41. The van der Waals surface area contributed by atoms with Crippen molar-refractivity contribution in [2.75, 3.05) is 0 Å². The van der Waals surface area contributed by atoms with Crippen molar-refractivity contribution in [3.05, 3.63) is 35.4 Å². The van der Waals surface area contributed by atoms with Crippen molar-refractivity contribution in [1.82, 2.24) is 10.9 Å². The molecule has 0 bridgehead atoms. The van der Waals surface area contributed by atoms with E-state index in [4.69, 9.17) is 0 Å². The molecule has 2 rings (SSSR count). The molecule has 0 atom stereocenters. The predicted molar refractivity (Wildman–Crippen MR) is 50.5 cm³/mol. The molecule has 0 saturated carbocycles. The van der Waals surface area contributed by atoms with E-state index in [-0.39, 0.29) is 11.3 Å². The van der Waals surface area contributed by atoms with Gasteiger partial charge in [0.15, 0.2) is 5.78 Å². The summed E-state index contributed by atoms with van der Waals surface area (Å²) in [6, 6.07) is 5.34. The van der Waals surface area contributed by atoms with Gasteiger partial charge in [-0.1, -0.05) is 24.3 Å². The molecule has 1 fully saturated rings. The van der Waals surface area contributed by atoms with E-state index in [1.807, 2.05) is 0 Å². The lowest BCUT2D eigenvalue weighted by Crippen LogP contribution is -2.34. The normalized spacial score (nSPS) is 18.2. The average Bonchev–Trinajstić information content (AvgIpc) is 2.97. The van der Waals surface area contributed by atoms with Gasteiger partial charge in [0.1, 0.15) is 0 Å². The zero-order valence-electron chi connectivity index (χ0n) is 8.35. The lowest BCUT2D eigenvalue weighted by molar-refractivity contribution is -0.165. The Morgan fingerprint density at radius 3 is 2.00 bits per heavy atom. The first-order valence-electron chi connectivity index (χ1n) is 4.59. The summed E-state index contributed by atoms with van der Waals surface area (Å²) in [5.74, 6) is -0.177. The fraction of sp³-hybridized carbons (Fsp3) is 0.300. The van der Waals surface area contributed by atoms with Crippen molar-refractivity contribution in [2.24, 2.45) is 0 Å². The van der Waals surface area contributed by atoms with E-state index in [0.29, 0.717) is 5.56 Å². The molecule has 1 aromatic carbocycles. The number of nitrogens with one attached hydrogen (secondary N) is 2. The number of carbonyl (C=O) groups excluding carboxylic acids is 1. The Hall–Kier alpha value is -1.40. The Bertz CT molecular complexity index is 421. The van der Waals surface area contributed by atoms with Crippen molar-refractivity contribution >= 4 is 5.78 Å². The van der Waals surface area contributed by atoms with Crippen LogP contribution in [0.3, 0.4) is 0 Å². The number of carbonyl (C=O) groups is 1. The van der Waals surface area contributed by atoms with E-state index in [1.165, 1.54) is 31.2 Å². The van der Waals surface area contributed by atoms with Crippen molar-refractivity contribution < 1.29 is 18.0 Å². The van der Waals surface area contributed by atoms with Crippen LogP contribution in [0.4, 0.5) is 13.2 Å². The van der Waals surface area contributed by atoms with Gasteiger partial charge in [-0.15, -0.1) is 0 Å². The molecule has 2 N–H and O–H groups in total. The van der Waals surface area contributed by atoms with Gasteiger partial charge < -0.3 is 0 Å². The number of hydrogen-bond acceptors (Lipinski definition) is 3.